The number of hydrogen-bond acceptors (Lipinski definition) is 6. The second-order valence-corrected chi connectivity index (χ2v) is 26.5. The van der Waals surface area contributed by atoms with Crippen LogP contribution in [0.3, 0.4) is 0 Å². The molecule has 1 amide bonds. The van der Waals surface area contributed by atoms with Crippen molar-refractivity contribution < 1.29 is 37.3 Å². The van der Waals surface area contributed by atoms with Gasteiger partial charge in [-0.25, -0.2) is 4.57 Å². The average Bonchev–Trinajstić information content (AvgIpc) is 3.70. The number of phosphoric acid groups is 1. The van der Waals surface area contributed by atoms with Crippen molar-refractivity contribution >= 4 is 19.7 Å². The van der Waals surface area contributed by atoms with Gasteiger partial charge in [0.1, 0.15) is 19.3 Å². The number of carbonyl (C=O) groups excluding carboxylic acids is 2. The summed E-state index contributed by atoms with van der Waals surface area (Å²) in [5, 5.41) is 3.06. The fourth-order valence-electron chi connectivity index (χ4n) is 9.89. The van der Waals surface area contributed by atoms with Crippen molar-refractivity contribution in [2.24, 2.45) is 0 Å². The molecule has 3 unspecified atom stereocenters. The minimum atomic E-state index is -4.47. The van der Waals surface area contributed by atoms with E-state index in [4.69, 9.17) is 13.8 Å². The van der Waals surface area contributed by atoms with E-state index in [1.54, 1.807) is 0 Å². The minimum absolute atomic E-state index is 0.0322. The summed E-state index contributed by atoms with van der Waals surface area (Å²) in [6.07, 6.45) is 92.1. The Kier molecular flexibility index (Phi) is 62.7. The highest BCUT2D eigenvalue weighted by Gasteiger charge is 2.30. The fraction of sp³-hybridized carbons (Fsp3) is 0.714. The Balaban J connectivity index is 5.05. The number of hydrogen-bond donors (Lipinski definition) is 2. The molecule has 0 aromatic carbocycles. The molecule has 0 aromatic rings. The molecular formula is C77H136N2O7P+. The van der Waals surface area contributed by atoms with Gasteiger partial charge in [-0.1, -0.05) is 290 Å². The van der Waals surface area contributed by atoms with E-state index < -0.39 is 20.0 Å². The first kappa shape index (κ1) is 83.4. The maximum atomic E-state index is 13.6. The van der Waals surface area contributed by atoms with Gasteiger partial charge >= 0.3 is 13.8 Å². The van der Waals surface area contributed by atoms with Crippen LogP contribution in [0, 0.1) is 0 Å². The molecule has 9 nitrogen and oxygen atoms in total. The first-order valence-corrected chi connectivity index (χ1v) is 37.4. The number of nitrogens with zero attached hydrogens (tertiary/aromatic N) is 1. The standard InChI is InChI=1S/C77H135N2O7P/c1-7-10-13-16-19-22-25-27-29-31-33-35-37-38-39-40-42-43-45-47-49-51-54-57-60-63-66-69-76(80)78-74(73-85-87(82,83)84-72-71-79(4,5)6)75(68-65-62-59-56-53-24-21-18-15-12-9-3)86-77(81)70-67-64-61-58-55-52-50-48-46-44-41-36-34-32-30-28-26-23-20-17-14-11-8-2/h10,13,19-20,22-23,27-30,33-36,38-39,44,46,65,68,74-75H,7-9,11-12,14-18,21,24-26,31-32,37,40-43,45,47-64,66-67,69-73H2,1-6H3,(H-,78,80,82,83)/p+1/b13-10-,22-19-,23-20-,29-27-,30-28-,35-33-,36-34-,39-38-,46-44-,68-65-. The van der Waals surface area contributed by atoms with Crippen molar-refractivity contribution in [1.82, 2.24) is 5.32 Å². The molecule has 2 N–H and O–H groups in total. The molecule has 0 spiro atoms. The summed E-state index contributed by atoms with van der Waals surface area (Å²) in [6.45, 7) is 6.87. The van der Waals surface area contributed by atoms with Crippen LogP contribution in [-0.4, -0.2) is 74.3 Å². The molecule has 0 bridgehead atoms. The molecule has 0 saturated carbocycles. The van der Waals surface area contributed by atoms with E-state index in [1.165, 1.54) is 135 Å². The van der Waals surface area contributed by atoms with Crippen molar-refractivity contribution in [2.75, 3.05) is 40.9 Å². The van der Waals surface area contributed by atoms with Gasteiger partial charge in [-0.3, -0.25) is 18.6 Å². The van der Waals surface area contributed by atoms with Crippen molar-refractivity contribution in [3.05, 3.63) is 122 Å². The Bertz CT molecular complexity index is 1900. The summed E-state index contributed by atoms with van der Waals surface area (Å²) in [7, 11) is 1.48. The number of unbranched alkanes of at least 4 members (excludes halogenated alkanes) is 30. The van der Waals surface area contributed by atoms with E-state index in [-0.39, 0.29) is 31.5 Å². The largest absolute Gasteiger partial charge is 0.472 e. The Morgan fingerprint density at radius 1 is 0.414 bits per heavy atom. The third kappa shape index (κ3) is 66.7. The lowest BCUT2D eigenvalue weighted by Crippen LogP contribution is -2.47. The maximum absolute atomic E-state index is 13.6. The van der Waals surface area contributed by atoms with E-state index in [2.05, 4.69) is 135 Å². The van der Waals surface area contributed by atoms with Crippen molar-refractivity contribution in [3.63, 3.8) is 0 Å². The lowest BCUT2D eigenvalue weighted by molar-refractivity contribution is -0.870. The van der Waals surface area contributed by atoms with E-state index >= 15 is 0 Å². The monoisotopic (exact) mass is 1230 g/mol. The smallest absolute Gasteiger partial charge is 0.456 e. The van der Waals surface area contributed by atoms with E-state index in [0.717, 1.165) is 135 Å². The second-order valence-electron chi connectivity index (χ2n) is 25.0. The number of esters is 1. The summed E-state index contributed by atoms with van der Waals surface area (Å²) in [5.74, 6) is -0.522. The Morgan fingerprint density at radius 3 is 1.13 bits per heavy atom. The molecule has 0 saturated heterocycles. The molecule has 0 aliphatic carbocycles. The van der Waals surface area contributed by atoms with Gasteiger partial charge < -0.3 is 19.4 Å². The number of phosphoric ester groups is 1. The molecular weight excluding hydrogens is 1100 g/mol. The molecule has 0 rings (SSSR count). The number of ether oxygens (including phenoxy) is 1. The van der Waals surface area contributed by atoms with Crippen molar-refractivity contribution in [1.29, 1.82) is 0 Å². The Hall–Kier alpha value is -3.59. The molecule has 3 atom stereocenters. The molecule has 0 radical (unpaired) electrons. The molecule has 0 fully saturated rings. The molecule has 0 heterocycles. The summed E-state index contributed by atoms with van der Waals surface area (Å²) < 4.78 is 30.8. The molecule has 0 aliphatic heterocycles. The van der Waals surface area contributed by atoms with Crippen LogP contribution in [0.1, 0.15) is 303 Å². The third-order valence-electron chi connectivity index (χ3n) is 15.4. The summed E-state index contributed by atoms with van der Waals surface area (Å²) in [6, 6.07) is -0.863. The Morgan fingerprint density at radius 2 is 0.736 bits per heavy atom. The number of amides is 1. The number of rotatable bonds is 64. The first-order chi connectivity index (χ1) is 42.4. The van der Waals surface area contributed by atoms with Crippen LogP contribution in [0.2, 0.25) is 0 Å². The average molecular weight is 1230 g/mol. The van der Waals surface area contributed by atoms with E-state index in [9.17, 15) is 19.0 Å². The highest BCUT2D eigenvalue weighted by Crippen LogP contribution is 2.43. The maximum Gasteiger partial charge on any atom is 0.472 e. The third-order valence-corrected chi connectivity index (χ3v) is 16.4. The molecule has 10 heteroatoms. The highest BCUT2D eigenvalue weighted by molar-refractivity contribution is 7.47. The van der Waals surface area contributed by atoms with Crippen molar-refractivity contribution in [2.45, 2.75) is 315 Å². The normalized spacial score (nSPS) is 14.2. The predicted molar refractivity (Wildman–Crippen MR) is 378 cm³/mol. The van der Waals surface area contributed by atoms with Crippen LogP contribution in [-0.2, 0) is 27.9 Å². The summed E-state index contributed by atoms with van der Waals surface area (Å²) in [4.78, 5) is 37.9. The zero-order valence-electron chi connectivity index (χ0n) is 57.2. The number of allylic oxidation sites excluding steroid dienone is 19. The quantitative estimate of drug-likeness (QED) is 0.0205. The lowest BCUT2D eigenvalue weighted by atomic mass is 10.0. The van der Waals surface area contributed by atoms with Crippen LogP contribution in [0.5, 0.6) is 0 Å². The summed E-state index contributed by atoms with van der Waals surface area (Å²) in [5.41, 5.74) is 0. The van der Waals surface area contributed by atoms with E-state index in [0.29, 0.717) is 17.4 Å². The zero-order valence-corrected chi connectivity index (χ0v) is 58.1. The van der Waals surface area contributed by atoms with Gasteiger partial charge in [-0.15, -0.1) is 0 Å². The van der Waals surface area contributed by atoms with Crippen LogP contribution >= 0.6 is 7.82 Å². The van der Waals surface area contributed by atoms with Gasteiger partial charge in [-0.05, 0) is 122 Å². The number of carbonyl (C=O) groups is 2. The van der Waals surface area contributed by atoms with Crippen LogP contribution in [0.15, 0.2) is 122 Å². The zero-order chi connectivity index (χ0) is 63.5. The number of nitrogens with one attached hydrogen (secondary N) is 1. The van der Waals surface area contributed by atoms with Gasteiger partial charge in [0, 0.05) is 12.8 Å². The number of likely N-dealkylation sites (N-methyl/N-ethyl adjacent to an activating group) is 1. The van der Waals surface area contributed by atoms with Crippen molar-refractivity contribution in [3.8, 4) is 0 Å². The molecule has 0 aromatic heterocycles. The molecule has 0 aliphatic rings. The second kappa shape index (κ2) is 65.4. The number of quaternary nitrogens is 1. The highest BCUT2D eigenvalue weighted by atomic mass is 31.2. The fourth-order valence-corrected chi connectivity index (χ4v) is 10.6. The topological polar surface area (TPSA) is 111 Å². The van der Waals surface area contributed by atoms with Crippen LogP contribution < -0.4 is 5.32 Å². The van der Waals surface area contributed by atoms with Gasteiger partial charge in [0.15, 0.2) is 0 Å². The van der Waals surface area contributed by atoms with Crippen LogP contribution in [0.4, 0.5) is 0 Å². The first-order valence-electron chi connectivity index (χ1n) is 35.9. The van der Waals surface area contributed by atoms with Gasteiger partial charge in [-0.2, -0.15) is 0 Å². The minimum Gasteiger partial charge on any atom is -0.456 e. The van der Waals surface area contributed by atoms with Gasteiger partial charge in [0.25, 0.3) is 0 Å². The lowest BCUT2D eigenvalue weighted by Gasteiger charge is -2.27. The molecule has 87 heavy (non-hydrogen) atoms. The van der Waals surface area contributed by atoms with Gasteiger partial charge in [0.2, 0.25) is 5.91 Å². The van der Waals surface area contributed by atoms with Gasteiger partial charge in [0.05, 0.1) is 33.8 Å². The predicted octanol–water partition coefficient (Wildman–Crippen LogP) is 23.0. The summed E-state index contributed by atoms with van der Waals surface area (Å²) >= 11 is 0. The SMILES string of the molecule is CC/C=C\C/C=C\C/C=C\C/C=C\C/C=C\CCCCCCCCCCCCCC(=O)NC(COP(=O)(O)OCC[N+](C)(C)C)C(/C=C\CCCCCCCCCCC)OC(=O)CCCCCCCCC/C=C\C/C=C\C/C=C\C/C=C\CCCCC. The van der Waals surface area contributed by atoms with Crippen LogP contribution in [0.25, 0.3) is 0 Å². The Labute approximate surface area is 537 Å². The molecule has 500 valence electrons. The van der Waals surface area contributed by atoms with E-state index in [1.807, 2.05) is 33.3 Å².